The van der Waals surface area contributed by atoms with E-state index in [9.17, 15) is 14.3 Å². The topological polar surface area (TPSA) is 129 Å². The molecule has 0 bridgehead atoms. The molecular weight excluding hydrogens is 525 g/mol. The molecule has 0 aliphatic rings. The molecule has 0 radical (unpaired) electrons. The molecule has 12 heteroatoms. The summed E-state index contributed by atoms with van der Waals surface area (Å²) in [7, 11) is 1.53. The maximum atomic E-state index is 14.9. The van der Waals surface area contributed by atoms with Gasteiger partial charge in [-0.15, -0.1) is 11.3 Å². The van der Waals surface area contributed by atoms with Crippen molar-refractivity contribution >= 4 is 44.4 Å². The number of thiazole rings is 1. The van der Waals surface area contributed by atoms with Gasteiger partial charge in [-0.2, -0.15) is 0 Å². The van der Waals surface area contributed by atoms with Crippen LogP contribution in [-0.2, 0) is 11.3 Å². The molecule has 0 saturated heterocycles. The minimum atomic E-state index is -0.725. The van der Waals surface area contributed by atoms with Crippen LogP contribution in [0.2, 0.25) is 0 Å². The third-order valence-corrected chi connectivity index (χ3v) is 6.71. The molecule has 1 atom stereocenters. The Balaban J connectivity index is 1.30. The fourth-order valence-corrected chi connectivity index (χ4v) is 4.87. The monoisotopic (exact) mass is 549 g/mol. The zero-order chi connectivity index (χ0) is 27.5. The first-order chi connectivity index (χ1) is 18.8. The summed E-state index contributed by atoms with van der Waals surface area (Å²) in [6.07, 6.45) is 3.06. The van der Waals surface area contributed by atoms with Gasteiger partial charge in [0, 0.05) is 23.9 Å². The summed E-state index contributed by atoms with van der Waals surface area (Å²) in [5.41, 5.74) is 4.52. The number of aliphatic hydroxyl groups is 1. The summed E-state index contributed by atoms with van der Waals surface area (Å²) in [6, 6.07) is 8.36. The van der Waals surface area contributed by atoms with Crippen molar-refractivity contribution in [2.75, 3.05) is 19.0 Å². The molecule has 5 rings (SSSR count). The number of hydrogen-bond acceptors (Lipinski definition) is 10. The SMILES string of the molecule is COc1cnc2c(-c3nc4cc(F)c(OC[C@@H](C)OC(=O)Nc5cncc(CO)c5)cc4s3)cc(C)cc2n1. The quantitative estimate of drug-likeness (QED) is 0.266. The van der Waals surface area contributed by atoms with Crippen LogP contribution in [-0.4, -0.2) is 51.0 Å². The fourth-order valence-electron chi connectivity index (χ4n) is 3.88. The van der Waals surface area contributed by atoms with Crippen LogP contribution in [0.5, 0.6) is 11.6 Å². The molecule has 0 saturated carbocycles. The van der Waals surface area contributed by atoms with Crippen molar-refractivity contribution in [1.82, 2.24) is 19.9 Å². The van der Waals surface area contributed by atoms with Crippen LogP contribution >= 0.6 is 11.3 Å². The lowest BCUT2D eigenvalue weighted by Crippen LogP contribution is -2.25. The average Bonchev–Trinajstić information content (AvgIpc) is 3.33. The van der Waals surface area contributed by atoms with Gasteiger partial charge in [0.1, 0.15) is 17.7 Å². The largest absolute Gasteiger partial charge is 0.487 e. The lowest BCUT2D eigenvalue weighted by atomic mass is 10.1. The average molecular weight is 550 g/mol. The third kappa shape index (κ3) is 5.86. The predicted molar refractivity (Wildman–Crippen MR) is 145 cm³/mol. The molecule has 2 N–H and O–H groups in total. The van der Waals surface area contributed by atoms with E-state index in [4.69, 9.17) is 14.2 Å². The molecule has 200 valence electrons. The van der Waals surface area contributed by atoms with Crippen molar-refractivity contribution in [2.45, 2.75) is 26.6 Å². The Morgan fingerprint density at radius 1 is 1.13 bits per heavy atom. The third-order valence-electron chi connectivity index (χ3n) is 5.66. The molecule has 0 unspecified atom stereocenters. The van der Waals surface area contributed by atoms with Crippen molar-refractivity contribution < 1.29 is 28.5 Å². The Morgan fingerprint density at radius 2 is 1.97 bits per heavy atom. The summed E-state index contributed by atoms with van der Waals surface area (Å²) >= 11 is 1.38. The Labute approximate surface area is 226 Å². The van der Waals surface area contributed by atoms with Crippen LogP contribution < -0.4 is 14.8 Å². The van der Waals surface area contributed by atoms with E-state index in [1.807, 2.05) is 19.1 Å². The number of rotatable bonds is 8. The molecule has 0 spiro atoms. The highest BCUT2D eigenvalue weighted by atomic mass is 32.1. The number of methoxy groups -OCH3 is 1. The summed E-state index contributed by atoms with van der Waals surface area (Å²) in [5, 5.41) is 12.4. The van der Waals surface area contributed by atoms with Crippen LogP contribution in [0.25, 0.3) is 31.8 Å². The number of nitrogens with one attached hydrogen (secondary N) is 1. The van der Waals surface area contributed by atoms with Gasteiger partial charge in [-0.25, -0.2) is 24.1 Å². The Hall–Kier alpha value is -4.42. The first-order valence-electron chi connectivity index (χ1n) is 11.9. The van der Waals surface area contributed by atoms with Gasteiger partial charge in [0.2, 0.25) is 5.88 Å². The number of fused-ring (bicyclic) bond motifs is 2. The van der Waals surface area contributed by atoms with Gasteiger partial charge in [-0.05, 0) is 43.2 Å². The van der Waals surface area contributed by atoms with Gasteiger partial charge in [0.05, 0.1) is 53.0 Å². The highest BCUT2D eigenvalue weighted by Crippen LogP contribution is 2.37. The van der Waals surface area contributed by atoms with Gasteiger partial charge in [0.15, 0.2) is 11.6 Å². The molecule has 0 aliphatic heterocycles. The van der Waals surface area contributed by atoms with Gasteiger partial charge in [0.25, 0.3) is 0 Å². The highest BCUT2D eigenvalue weighted by molar-refractivity contribution is 7.21. The second-order valence-corrected chi connectivity index (χ2v) is 9.78. The van der Waals surface area contributed by atoms with Crippen LogP contribution in [0, 0.1) is 12.7 Å². The van der Waals surface area contributed by atoms with E-state index in [2.05, 4.69) is 25.3 Å². The van der Waals surface area contributed by atoms with Crippen molar-refractivity contribution in [3.05, 3.63) is 65.9 Å². The molecule has 0 aliphatic carbocycles. The number of aryl methyl sites for hydroxylation is 1. The van der Waals surface area contributed by atoms with Crippen molar-refractivity contribution in [2.24, 2.45) is 0 Å². The minimum Gasteiger partial charge on any atom is -0.487 e. The molecule has 10 nitrogen and oxygen atoms in total. The maximum Gasteiger partial charge on any atom is 0.412 e. The first kappa shape index (κ1) is 26.2. The molecule has 3 heterocycles. The number of amides is 1. The van der Waals surface area contributed by atoms with E-state index >= 15 is 0 Å². The second kappa shape index (κ2) is 11.1. The van der Waals surface area contributed by atoms with E-state index in [1.165, 1.54) is 36.9 Å². The summed E-state index contributed by atoms with van der Waals surface area (Å²) in [5.74, 6) is -0.149. The molecule has 39 heavy (non-hydrogen) atoms. The molecule has 5 aromatic rings. The lowest BCUT2D eigenvalue weighted by Gasteiger charge is -2.15. The smallest absolute Gasteiger partial charge is 0.412 e. The Kier molecular flexibility index (Phi) is 7.48. The van der Waals surface area contributed by atoms with E-state index in [1.54, 1.807) is 25.3 Å². The number of anilines is 1. The molecular formula is C27H24FN5O5S. The maximum absolute atomic E-state index is 14.9. The number of pyridine rings is 1. The van der Waals surface area contributed by atoms with Crippen LogP contribution in [0.3, 0.4) is 0 Å². The zero-order valence-corrected chi connectivity index (χ0v) is 22.1. The number of carbonyl (C=O) groups excluding carboxylic acids is 1. The van der Waals surface area contributed by atoms with Crippen molar-refractivity contribution in [3.63, 3.8) is 0 Å². The summed E-state index contributed by atoms with van der Waals surface area (Å²) in [6.45, 7) is 3.30. The first-order valence-corrected chi connectivity index (χ1v) is 12.7. The fraction of sp³-hybridized carbons (Fsp3) is 0.222. The Bertz CT molecular complexity index is 1680. The number of aliphatic hydroxyl groups excluding tert-OH is 1. The predicted octanol–water partition coefficient (Wildman–Crippen LogP) is 5.27. The van der Waals surface area contributed by atoms with Crippen LogP contribution in [0.15, 0.2) is 48.9 Å². The number of carbonyl (C=O) groups is 1. The number of benzene rings is 2. The van der Waals surface area contributed by atoms with E-state index in [0.717, 1.165) is 15.8 Å². The summed E-state index contributed by atoms with van der Waals surface area (Å²) < 4.78 is 31.7. The van der Waals surface area contributed by atoms with Gasteiger partial charge >= 0.3 is 6.09 Å². The number of aromatic nitrogens is 4. The number of hydrogen-bond donors (Lipinski definition) is 2. The minimum absolute atomic E-state index is 0.0204. The second-order valence-electron chi connectivity index (χ2n) is 8.75. The van der Waals surface area contributed by atoms with Crippen LogP contribution in [0.4, 0.5) is 14.9 Å². The van der Waals surface area contributed by atoms with Gasteiger partial charge < -0.3 is 19.3 Å². The number of ether oxygens (including phenoxy) is 3. The molecule has 0 fully saturated rings. The highest BCUT2D eigenvalue weighted by Gasteiger charge is 2.17. The summed E-state index contributed by atoms with van der Waals surface area (Å²) in [4.78, 5) is 29.7. The lowest BCUT2D eigenvalue weighted by molar-refractivity contribution is 0.0844. The number of nitrogens with zero attached hydrogens (tertiary/aromatic N) is 4. The Morgan fingerprint density at radius 3 is 2.77 bits per heavy atom. The van der Waals surface area contributed by atoms with Crippen molar-refractivity contribution in [1.29, 1.82) is 0 Å². The normalized spacial score (nSPS) is 11.9. The molecule has 2 aromatic carbocycles. The van der Waals surface area contributed by atoms with E-state index in [-0.39, 0.29) is 19.0 Å². The van der Waals surface area contributed by atoms with Gasteiger partial charge in [-0.1, -0.05) is 0 Å². The molecule has 3 aromatic heterocycles. The van der Waals surface area contributed by atoms with Gasteiger partial charge in [-0.3, -0.25) is 10.3 Å². The van der Waals surface area contributed by atoms with Crippen molar-refractivity contribution in [3.8, 4) is 22.2 Å². The zero-order valence-electron chi connectivity index (χ0n) is 21.3. The van der Waals surface area contributed by atoms with E-state index in [0.29, 0.717) is 38.7 Å². The standard InChI is InChI=1S/C27H24FN5O5S/c1-14-4-18(25-21(5-14)32-24(36-3)11-30-25)26-33-20-7-19(28)22(8-23(20)39-26)37-13-15(2)38-27(35)31-17-6-16(12-34)9-29-10-17/h4-11,15,34H,12-13H2,1-3H3,(H,31,35)/t15-/m1/s1. The molecule has 1 amide bonds. The van der Waals surface area contributed by atoms with E-state index < -0.39 is 18.0 Å². The number of halogens is 1. The van der Waals surface area contributed by atoms with Crippen LogP contribution in [0.1, 0.15) is 18.1 Å².